The molecule has 0 aromatic rings. The van der Waals surface area contributed by atoms with E-state index in [0.29, 0.717) is 13.2 Å². The number of rotatable bonds is 10. The van der Waals surface area contributed by atoms with Gasteiger partial charge in [-0.3, -0.25) is 0 Å². The molecule has 6 heteroatoms. The van der Waals surface area contributed by atoms with Gasteiger partial charge in [-0.2, -0.15) is 0 Å². The van der Waals surface area contributed by atoms with Crippen molar-refractivity contribution in [2.75, 3.05) is 13.2 Å². The zero-order chi connectivity index (χ0) is 15.6. The Balaban J connectivity index is 0. The zero-order valence-electron chi connectivity index (χ0n) is 12.6. The highest BCUT2D eigenvalue weighted by atomic mass is 16.7. The van der Waals surface area contributed by atoms with Crippen LogP contribution in [0.5, 0.6) is 0 Å². The largest absolute Gasteiger partial charge is 0.508 e. The molecule has 0 aliphatic carbocycles. The quantitative estimate of drug-likeness (QED) is 0.454. The third-order valence-corrected chi connectivity index (χ3v) is 2.44. The summed E-state index contributed by atoms with van der Waals surface area (Å²) in [5, 5.41) is 13.9. The molecule has 120 valence electrons. The third-order valence-electron chi connectivity index (χ3n) is 2.44. The Morgan fingerprint density at radius 1 is 0.750 bits per heavy atom. The summed E-state index contributed by atoms with van der Waals surface area (Å²) >= 11 is 0. The van der Waals surface area contributed by atoms with Crippen LogP contribution in [0.3, 0.4) is 0 Å². The smallest absolute Gasteiger partial charge is 0.450 e. The minimum absolute atomic E-state index is 0.494. The van der Waals surface area contributed by atoms with Crippen molar-refractivity contribution >= 4 is 12.3 Å². The molecule has 0 saturated heterocycles. The summed E-state index contributed by atoms with van der Waals surface area (Å²) in [5.74, 6) is 0. The van der Waals surface area contributed by atoms with Gasteiger partial charge in [0.25, 0.3) is 0 Å². The van der Waals surface area contributed by atoms with Gasteiger partial charge in [0.05, 0.1) is 13.2 Å². The average Bonchev–Trinajstić information content (AvgIpc) is 2.37. The second-order valence-electron chi connectivity index (χ2n) is 4.35. The molecule has 0 aliphatic heterocycles. The Bertz CT molecular complexity index is 210. The summed E-state index contributed by atoms with van der Waals surface area (Å²) in [5.41, 5.74) is 0. The molecule has 0 rings (SSSR count). The van der Waals surface area contributed by atoms with Gasteiger partial charge < -0.3 is 19.7 Å². The topological polar surface area (TPSA) is 93.1 Å². The van der Waals surface area contributed by atoms with E-state index in [1.165, 1.54) is 25.7 Å². The molecule has 6 nitrogen and oxygen atoms in total. The summed E-state index contributed by atoms with van der Waals surface area (Å²) in [6.07, 6.45) is 6.60. The zero-order valence-corrected chi connectivity index (χ0v) is 12.6. The van der Waals surface area contributed by atoms with Gasteiger partial charge in [0, 0.05) is 0 Å². The van der Waals surface area contributed by atoms with Gasteiger partial charge in [-0.15, -0.1) is 0 Å². The summed E-state index contributed by atoms with van der Waals surface area (Å²) in [6, 6.07) is 0. The molecule has 0 aromatic heterocycles. The summed E-state index contributed by atoms with van der Waals surface area (Å²) in [4.78, 5) is 19.6. The number of carboxylic acid groups (broad SMARTS) is 2. The normalized spacial score (nSPS) is 9.30. The van der Waals surface area contributed by atoms with E-state index in [9.17, 15) is 4.79 Å². The van der Waals surface area contributed by atoms with Crippen LogP contribution < -0.4 is 0 Å². The van der Waals surface area contributed by atoms with Crippen LogP contribution in [0, 0.1) is 0 Å². The van der Waals surface area contributed by atoms with Crippen LogP contribution in [0.25, 0.3) is 0 Å². The highest BCUT2D eigenvalue weighted by molar-refractivity contribution is 5.59. The Labute approximate surface area is 121 Å². The monoisotopic (exact) mass is 292 g/mol. The van der Waals surface area contributed by atoms with E-state index in [1.54, 1.807) is 0 Å². The minimum Gasteiger partial charge on any atom is -0.450 e. The Hall–Kier alpha value is -1.46. The Morgan fingerprint density at radius 3 is 1.40 bits per heavy atom. The van der Waals surface area contributed by atoms with Gasteiger partial charge in [0.1, 0.15) is 0 Å². The van der Waals surface area contributed by atoms with Gasteiger partial charge in [-0.25, -0.2) is 9.59 Å². The van der Waals surface area contributed by atoms with Crippen molar-refractivity contribution in [3.8, 4) is 0 Å². The molecule has 0 heterocycles. The Kier molecular flexibility index (Phi) is 18.3. The molecular formula is C14H28O6. The van der Waals surface area contributed by atoms with Crippen LogP contribution >= 0.6 is 0 Å². The fraction of sp³-hybridized carbons (Fsp3) is 0.857. The second kappa shape index (κ2) is 17.5. The van der Waals surface area contributed by atoms with Crippen LogP contribution in [0.2, 0.25) is 0 Å². The first-order chi connectivity index (χ1) is 9.54. The van der Waals surface area contributed by atoms with Crippen LogP contribution in [0.1, 0.15) is 65.2 Å². The van der Waals surface area contributed by atoms with E-state index in [-0.39, 0.29) is 0 Å². The first kappa shape index (κ1) is 20.8. The predicted octanol–water partition coefficient (Wildman–Crippen LogP) is 4.52. The van der Waals surface area contributed by atoms with Crippen LogP contribution in [-0.2, 0) is 9.47 Å². The molecule has 0 fully saturated rings. The lowest BCUT2D eigenvalue weighted by molar-refractivity contribution is 0.0529. The van der Waals surface area contributed by atoms with Crippen molar-refractivity contribution in [1.29, 1.82) is 0 Å². The maximum absolute atomic E-state index is 11.1. The lowest BCUT2D eigenvalue weighted by atomic mass is 10.2. The highest BCUT2D eigenvalue weighted by Crippen LogP contribution is 2.01. The van der Waals surface area contributed by atoms with E-state index < -0.39 is 12.3 Å². The van der Waals surface area contributed by atoms with Gasteiger partial charge in [-0.1, -0.05) is 52.4 Å². The number of hydrogen-bond acceptors (Lipinski definition) is 4. The van der Waals surface area contributed by atoms with Gasteiger partial charge >= 0.3 is 12.3 Å². The SMILES string of the molecule is CCCCCCOC(=O)OCCCCCC.O=C(O)O. The van der Waals surface area contributed by atoms with Gasteiger partial charge in [-0.05, 0) is 12.8 Å². The molecule has 0 amide bonds. The van der Waals surface area contributed by atoms with E-state index in [4.69, 9.17) is 24.5 Å². The molecule has 0 unspecified atom stereocenters. The number of hydrogen-bond donors (Lipinski definition) is 2. The van der Waals surface area contributed by atoms with Crippen molar-refractivity contribution in [1.82, 2.24) is 0 Å². The van der Waals surface area contributed by atoms with E-state index in [2.05, 4.69) is 13.8 Å². The summed E-state index contributed by atoms with van der Waals surface area (Å²) in [6.45, 7) is 5.30. The maximum atomic E-state index is 11.1. The van der Waals surface area contributed by atoms with Crippen molar-refractivity contribution in [2.24, 2.45) is 0 Å². The van der Waals surface area contributed by atoms with Crippen LogP contribution in [0.4, 0.5) is 9.59 Å². The molecule has 0 radical (unpaired) electrons. The second-order valence-corrected chi connectivity index (χ2v) is 4.35. The third kappa shape index (κ3) is 25.4. The van der Waals surface area contributed by atoms with Crippen molar-refractivity contribution in [2.45, 2.75) is 65.2 Å². The molecule has 0 bridgehead atoms. The van der Waals surface area contributed by atoms with E-state index >= 15 is 0 Å². The average molecular weight is 292 g/mol. The number of carbonyl (C=O) groups excluding carboxylic acids is 1. The number of ether oxygens (including phenoxy) is 2. The molecular weight excluding hydrogens is 264 g/mol. The molecule has 0 saturated carbocycles. The summed E-state index contributed by atoms with van der Waals surface area (Å²) in [7, 11) is 0. The van der Waals surface area contributed by atoms with Crippen LogP contribution in [0.15, 0.2) is 0 Å². The van der Waals surface area contributed by atoms with Crippen LogP contribution in [-0.4, -0.2) is 35.7 Å². The van der Waals surface area contributed by atoms with Crippen molar-refractivity contribution < 1.29 is 29.3 Å². The lowest BCUT2D eigenvalue weighted by Gasteiger charge is -2.05. The van der Waals surface area contributed by atoms with Gasteiger partial charge in [0.2, 0.25) is 0 Å². The number of unbranched alkanes of at least 4 members (excludes halogenated alkanes) is 6. The van der Waals surface area contributed by atoms with Crippen molar-refractivity contribution in [3.63, 3.8) is 0 Å². The standard InChI is InChI=1S/C13H26O3.CH2O3/c1-3-5-7-9-11-15-13(14)16-12-10-8-6-4-2;2-1(3)4/h3-12H2,1-2H3;(H2,2,3,4). The fourth-order valence-electron chi connectivity index (χ4n) is 1.41. The minimum atomic E-state index is -1.83. The van der Waals surface area contributed by atoms with E-state index in [1.807, 2.05) is 0 Å². The predicted molar refractivity (Wildman–Crippen MR) is 76.2 cm³/mol. The fourth-order valence-corrected chi connectivity index (χ4v) is 1.41. The van der Waals surface area contributed by atoms with E-state index in [0.717, 1.165) is 25.7 Å². The number of carbonyl (C=O) groups is 2. The highest BCUT2D eigenvalue weighted by Gasteiger charge is 2.02. The lowest BCUT2D eigenvalue weighted by Crippen LogP contribution is -2.09. The summed E-state index contributed by atoms with van der Waals surface area (Å²) < 4.78 is 9.87. The van der Waals surface area contributed by atoms with Gasteiger partial charge in [0.15, 0.2) is 0 Å². The first-order valence-electron chi connectivity index (χ1n) is 7.26. The Morgan fingerprint density at radius 2 is 1.10 bits per heavy atom. The van der Waals surface area contributed by atoms with Crippen molar-refractivity contribution in [3.05, 3.63) is 0 Å². The molecule has 0 aromatic carbocycles. The maximum Gasteiger partial charge on any atom is 0.508 e. The molecule has 0 spiro atoms. The molecule has 0 atom stereocenters. The molecule has 0 aliphatic rings. The molecule has 2 N–H and O–H groups in total. The first-order valence-corrected chi connectivity index (χ1v) is 7.26. The molecule has 20 heavy (non-hydrogen) atoms.